The monoisotopic (exact) mass is 362 g/mol. The Morgan fingerprint density at radius 1 is 1.30 bits per heavy atom. The van der Waals surface area contributed by atoms with Gasteiger partial charge in [0.15, 0.2) is 0 Å². The van der Waals surface area contributed by atoms with Gasteiger partial charge >= 0.3 is 0 Å². The summed E-state index contributed by atoms with van der Waals surface area (Å²) in [5.74, 6) is 1.27. The first-order valence-electron chi connectivity index (χ1n) is 8.05. The van der Waals surface area contributed by atoms with E-state index in [-0.39, 0.29) is 17.3 Å². The highest BCUT2D eigenvalue weighted by Crippen LogP contribution is 2.17. The van der Waals surface area contributed by atoms with E-state index >= 15 is 0 Å². The maximum Gasteiger partial charge on any atom is 0.240 e. The van der Waals surface area contributed by atoms with Crippen molar-refractivity contribution in [1.82, 2.24) is 10.0 Å². The Labute approximate surface area is 145 Å². The van der Waals surface area contributed by atoms with Crippen molar-refractivity contribution in [3.05, 3.63) is 24.3 Å². The summed E-state index contributed by atoms with van der Waals surface area (Å²) in [6, 6.07) is 6.59. The zero-order valence-electron chi connectivity index (χ0n) is 13.6. The van der Waals surface area contributed by atoms with Crippen molar-refractivity contribution in [2.75, 3.05) is 26.2 Å². The molecular weight excluding hydrogens is 336 g/mol. The first kappa shape index (κ1) is 20.2. The Morgan fingerprint density at radius 3 is 2.65 bits per heavy atom. The van der Waals surface area contributed by atoms with Crippen LogP contribution in [0.4, 0.5) is 0 Å². The van der Waals surface area contributed by atoms with Crippen LogP contribution in [0.1, 0.15) is 32.6 Å². The number of nitrogens with one attached hydrogen (secondary N) is 2. The van der Waals surface area contributed by atoms with Gasteiger partial charge in [0, 0.05) is 6.54 Å². The maximum atomic E-state index is 12.2. The second-order valence-electron chi connectivity index (χ2n) is 5.72. The average Bonchev–Trinajstić information content (AvgIpc) is 2.54. The van der Waals surface area contributed by atoms with E-state index in [0.717, 1.165) is 25.9 Å². The third kappa shape index (κ3) is 6.67. The second-order valence-corrected chi connectivity index (χ2v) is 7.49. The van der Waals surface area contributed by atoms with Crippen molar-refractivity contribution < 1.29 is 13.2 Å². The lowest BCUT2D eigenvalue weighted by Crippen LogP contribution is -2.33. The molecule has 0 spiro atoms. The first-order chi connectivity index (χ1) is 10.6. The lowest BCUT2D eigenvalue weighted by molar-refractivity contribution is 0.317. The molecule has 23 heavy (non-hydrogen) atoms. The Morgan fingerprint density at radius 2 is 2.04 bits per heavy atom. The molecule has 1 aromatic rings. The molecule has 132 valence electrons. The van der Waals surface area contributed by atoms with Gasteiger partial charge in [0.1, 0.15) is 5.75 Å². The Hall–Kier alpha value is -0.820. The lowest BCUT2D eigenvalue weighted by atomic mass is 9.96. The molecule has 0 bridgehead atoms. The standard InChI is InChI=1S/C16H26N2O3S.ClH/c1-2-12-21-15-5-7-16(8-6-15)22(19,20)18-11-9-14-4-3-10-17-13-14;/h5-8,14,17-18H,2-4,9-13H2,1H3;1H. The number of sulfonamides is 1. The van der Waals surface area contributed by atoms with E-state index in [1.165, 1.54) is 12.8 Å². The molecule has 2 N–H and O–H groups in total. The number of ether oxygens (including phenoxy) is 1. The fraction of sp³-hybridized carbons (Fsp3) is 0.625. The summed E-state index contributed by atoms with van der Waals surface area (Å²) in [5, 5.41) is 3.35. The molecular formula is C16H27ClN2O3S. The number of halogens is 1. The van der Waals surface area contributed by atoms with Gasteiger partial charge in [-0.25, -0.2) is 13.1 Å². The van der Waals surface area contributed by atoms with Gasteiger partial charge < -0.3 is 10.1 Å². The third-order valence-electron chi connectivity index (χ3n) is 3.85. The zero-order chi connectivity index (χ0) is 15.8. The van der Waals surface area contributed by atoms with Gasteiger partial charge in [0.05, 0.1) is 11.5 Å². The molecule has 7 heteroatoms. The van der Waals surface area contributed by atoms with Gasteiger partial charge in [-0.05, 0) is 69.0 Å². The summed E-state index contributed by atoms with van der Waals surface area (Å²) >= 11 is 0. The summed E-state index contributed by atoms with van der Waals surface area (Å²) in [6.45, 7) is 5.23. The predicted octanol–water partition coefficient (Wildman–Crippen LogP) is 2.57. The highest BCUT2D eigenvalue weighted by Gasteiger charge is 2.16. The van der Waals surface area contributed by atoms with E-state index < -0.39 is 10.0 Å². The molecule has 0 amide bonds. The van der Waals surface area contributed by atoms with Crippen molar-refractivity contribution in [2.45, 2.75) is 37.5 Å². The summed E-state index contributed by atoms with van der Waals surface area (Å²) in [7, 11) is -3.42. The molecule has 1 atom stereocenters. The largest absolute Gasteiger partial charge is 0.494 e. The van der Waals surface area contributed by atoms with Crippen LogP contribution in [0.2, 0.25) is 0 Å². The van der Waals surface area contributed by atoms with Crippen LogP contribution >= 0.6 is 12.4 Å². The summed E-state index contributed by atoms with van der Waals surface area (Å²) in [6.07, 6.45) is 4.16. The minimum atomic E-state index is -3.42. The van der Waals surface area contributed by atoms with E-state index in [1.807, 2.05) is 6.92 Å². The van der Waals surface area contributed by atoms with Crippen molar-refractivity contribution >= 4 is 22.4 Å². The van der Waals surface area contributed by atoms with Crippen molar-refractivity contribution in [1.29, 1.82) is 0 Å². The van der Waals surface area contributed by atoms with Crippen LogP contribution in [-0.4, -0.2) is 34.7 Å². The van der Waals surface area contributed by atoms with Crippen LogP contribution in [0.15, 0.2) is 29.2 Å². The molecule has 0 aliphatic carbocycles. The van der Waals surface area contributed by atoms with Gasteiger partial charge in [-0.3, -0.25) is 0 Å². The molecule has 1 fully saturated rings. The van der Waals surface area contributed by atoms with E-state index in [2.05, 4.69) is 10.0 Å². The molecule has 1 aliphatic heterocycles. The molecule has 0 aromatic heterocycles. The fourth-order valence-corrected chi connectivity index (χ4v) is 3.63. The topological polar surface area (TPSA) is 67.4 Å². The molecule has 1 aliphatic rings. The van der Waals surface area contributed by atoms with Crippen molar-refractivity contribution in [3.63, 3.8) is 0 Å². The quantitative estimate of drug-likeness (QED) is 0.745. The number of hydrogen-bond acceptors (Lipinski definition) is 4. The predicted molar refractivity (Wildman–Crippen MR) is 94.9 cm³/mol. The summed E-state index contributed by atoms with van der Waals surface area (Å²) < 4.78 is 32.6. The van der Waals surface area contributed by atoms with Gasteiger partial charge in [-0.1, -0.05) is 6.92 Å². The van der Waals surface area contributed by atoms with E-state index in [0.29, 0.717) is 24.8 Å². The number of benzene rings is 1. The molecule has 1 heterocycles. The SMILES string of the molecule is CCCOc1ccc(S(=O)(=O)NCCC2CCCNC2)cc1.Cl. The van der Waals surface area contributed by atoms with Gasteiger partial charge in [-0.2, -0.15) is 0 Å². The summed E-state index contributed by atoms with van der Waals surface area (Å²) in [5.41, 5.74) is 0. The van der Waals surface area contributed by atoms with Crippen LogP contribution in [0.3, 0.4) is 0 Å². The van der Waals surface area contributed by atoms with E-state index in [4.69, 9.17) is 4.74 Å². The van der Waals surface area contributed by atoms with Crippen molar-refractivity contribution in [2.24, 2.45) is 5.92 Å². The molecule has 1 saturated heterocycles. The lowest BCUT2D eigenvalue weighted by Gasteiger charge is -2.22. The zero-order valence-corrected chi connectivity index (χ0v) is 15.2. The van der Waals surface area contributed by atoms with Crippen LogP contribution < -0.4 is 14.8 Å². The molecule has 0 radical (unpaired) electrons. The Balaban J connectivity index is 0.00000264. The van der Waals surface area contributed by atoms with Gasteiger partial charge in [0.2, 0.25) is 10.0 Å². The maximum absolute atomic E-state index is 12.2. The third-order valence-corrected chi connectivity index (χ3v) is 5.33. The van der Waals surface area contributed by atoms with Gasteiger partial charge in [0.25, 0.3) is 0 Å². The average molecular weight is 363 g/mol. The smallest absolute Gasteiger partial charge is 0.240 e. The summed E-state index contributed by atoms with van der Waals surface area (Å²) in [4.78, 5) is 0.290. The Bertz CT molecular complexity index is 543. The highest BCUT2D eigenvalue weighted by atomic mass is 35.5. The molecule has 1 unspecified atom stereocenters. The van der Waals surface area contributed by atoms with Crippen LogP contribution in [0, 0.1) is 5.92 Å². The molecule has 5 nitrogen and oxygen atoms in total. The number of hydrogen-bond donors (Lipinski definition) is 2. The minimum Gasteiger partial charge on any atom is -0.494 e. The van der Waals surface area contributed by atoms with Gasteiger partial charge in [-0.15, -0.1) is 12.4 Å². The first-order valence-corrected chi connectivity index (χ1v) is 9.53. The Kier molecular flexibility index (Phi) is 8.91. The number of piperidine rings is 1. The highest BCUT2D eigenvalue weighted by molar-refractivity contribution is 7.89. The normalized spacial score (nSPS) is 18.2. The molecule has 1 aromatic carbocycles. The van der Waals surface area contributed by atoms with Crippen molar-refractivity contribution in [3.8, 4) is 5.75 Å². The molecule has 0 saturated carbocycles. The van der Waals surface area contributed by atoms with Crippen LogP contribution in [0.5, 0.6) is 5.75 Å². The van der Waals surface area contributed by atoms with E-state index in [9.17, 15) is 8.42 Å². The van der Waals surface area contributed by atoms with E-state index in [1.54, 1.807) is 24.3 Å². The number of rotatable bonds is 8. The second kappa shape index (κ2) is 10.1. The van der Waals surface area contributed by atoms with Crippen LogP contribution in [0.25, 0.3) is 0 Å². The molecule has 2 rings (SSSR count). The minimum absolute atomic E-state index is 0. The fourth-order valence-electron chi connectivity index (χ4n) is 2.59. The van der Waals surface area contributed by atoms with Crippen LogP contribution in [-0.2, 0) is 10.0 Å².